The van der Waals surface area contributed by atoms with Crippen LogP contribution in [0.2, 0.25) is 0 Å². The van der Waals surface area contributed by atoms with Crippen molar-refractivity contribution in [3.05, 3.63) is 29.8 Å². The summed E-state index contributed by atoms with van der Waals surface area (Å²) >= 11 is 0. The van der Waals surface area contributed by atoms with Crippen LogP contribution in [-0.2, 0) is 44.3 Å². The Hall–Kier alpha value is -1.99. The highest BCUT2D eigenvalue weighted by atomic mass is 16.6. The quantitative estimate of drug-likeness (QED) is 0.0854. The van der Waals surface area contributed by atoms with Gasteiger partial charge in [0.15, 0.2) is 0 Å². The fraction of sp³-hybridized carbons (Fsp3) is 0.806. The van der Waals surface area contributed by atoms with Crippen molar-refractivity contribution in [3.8, 4) is 5.75 Å². The topological polar surface area (TPSA) is 103 Å². The minimum Gasteiger partial charge on any atom is -0.491 e. The molecule has 274 valence electrons. The van der Waals surface area contributed by atoms with E-state index in [-0.39, 0.29) is 6.09 Å². The van der Waals surface area contributed by atoms with Crippen LogP contribution < -0.4 is 4.74 Å². The van der Waals surface area contributed by atoms with Crippen molar-refractivity contribution in [2.24, 2.45) is 0 Å². The lowest BCUT2D eigenvalue weighted by Crippen LogP contribution is -2.36. The number of aryl methyl sites for hydroxylation is 1. The van der Waals surface area contributed by atoms with Gasteiger partial charge in [0.2, 0.25) is 0 Å². The molecule has 0 N–H and O–H groups in total. The normalized spacial score (nSPS) is 11.6. The Labute approximate surface area is 284 Å². The first-order valence-corrected chi connectivity index (χ1v) is 17.5. The standard InChI is InChI=1S/C36H65NO10/c1-6-7-8-9-10-11-12-33-13-15-34(16-14-33)46-32-31-45-30-29-44-28-27-43-26-25-42-24-23-41-22-21-40-20-19-39-18-17-37(5)35(38)47-36(2,3)4/h13-16H,6-12,17-32H2,1-5H3. The second kappa shape index (κ2) is 30.1. The molecule has 1 aromatic carbocycles. The maximum Gasteiger partial charge on any atom is 0.410 e. The van der Waals surface area contributed by atoms with Gasteiger partial charge in [0.1, 0.15) is 18.0 Å². The third-order valence-electron chi connectivity index (χ3n) is 6.75. The van der Waals surface area contributed by atoms with Gasteiger partial charge in [-0.05, 0) is 51.3 Å². The molecule has 0 saturated heterocycles. The van der Waals surface area contributed by atoms with Crippen LogP contribution in [0.1, 0.15) is 71.8 Å². The van der Waals surface area contributed by atoms with Crippen LogP contribution in [0.5, 0.6) is 5.75 Å². The Balaban J connectivity index is 1.75. The van der Waals surface area contributed by atoms with Crippen LogP contribution in [0.25, 0.3) is 0 Å². The van der Waals surface area contributed by atoms with Gasteiger partial charge in [0.05, 0.1) is 92.5 Å². The van der Waals surface area contributed by atoms with Gasteiger partial charge in [-0.25, -0.2) is 4.79 Å². The summed E-state index contributed by atoms with van der Waals surface area (Å²) in [6.07, 6.45) is 8.72. The van der Waals surface area contributed by atoms with Crippen molar-refractivity contribution < 1.29 is 47.4 Å². The summed E-state index contributed by atoms with van der Waals surface area (Å²) in [5.41, 5.74) is 0.869. The predicted octanol–water partition coefficient (Wildman–Crippen LogP) is 5.95. The lowest BCUT2D eigenvalue weighted by atomic mass is 10.0. The molecule has 0 aliphatic heterocycles. The first-order chi connectivity index (χ1) is 22.8. The van der Waals surface area contributed by atoms with Gasteiger partial charge in [-0.2, -0.15) is 0 Å². The van der Waals surface area contributed by atoms with Gasteiger partial charge in [0, 0.05) is 13.6 Å². The van der Waals surface area contributed by atoms with Crippen molar-refractivity contribution >= 4 is 6.09 Å². The van der Waals surface area contributed by atoms with Gasteiger partial charge in [-0.3, -0.25) is 0 Å². The number of hydrogen-bond donors (Lipinski definition) is 0. The van der Waals surface area contributed by atoms with Crippen LogP contribution in [0.3, 0.4) is 0 Å². The summed E-state index contributed by atoms with van der Waals surface area (Å²) in [7, 11) is 1.69. The maximum atomic E-state index is 11.9. The van der Waals surface area contributed by atoms with Gasteiger partial charge < -0.3 is 47.5 Å². The number of unbranched alkanes of at least 4 members (excludes halogenated alkanes) is 5. The lowest BCUT2D eigenvalue weighted by molar-refractivity contribution is -0.0219. The van der Waals surface area contributed by atoms with Crippen LogP contribution >= 0.6 is 0 Å². The van der Waals surface area contributed by atoms with E-state index >= 15 is 0 Å². The largest absolute Gasteiger partial charge is 0.491 e. The van der Waals surface area contributed by atoms with Gasteiger partial charge >= 0.3 is 6.09 Å². The first-order valence-electron chi connectivity index (χ1n) is 17.5. The van der Waals surface area contributed by atoms with E-state index in [2.05, 4.69) is 19.1 Å². The molecule has 0 aliphatic rings. The lowest BCUT2D eigenvalue weighted by Gasteiger charge is -2.24. The molecule has 0 aromatic heterocycles. The molecule has 1 rings (SSSR count). The highest BCUT2D eigenvalue weighted by Crippen LogP contribution is 2.15. The molecule has 0 aliphatic carbocycles. The summed E-state index contributed by atoms with van der Waals surface area (Å²) in [6.45, 7) is 15.7. The zero-order valence-corrected chi connectivity index (χ0v) is 30.1. The van der Waals surface area contributed by atoms with Crippen molar-refractivity contribution in [2.45, 2.75) is 78.2 Å². The average molecular weight is 672 g/mol. The predicted molar refractivity (Wildman–Crippen MR) is 184 cm³/mol. The Kier molecular flexibility index (Phi) is 27.6. The maximum absolute atomic E-state index is 11.9. The second-order valence-electron chi connectivity index (χ2n) is 12.2. The molecule has 0 radical (unpaired) electrons. The zero-order chi connectivity index (χ0) is 34.3. The number of amides is 1. The Bertz CT molecular complexity index is 834. The highest BCUT2D eigenvalue weighted by Gasteiger charge is 2.19. The number of benzene rings is 1. The molecular weight excluding hydrogens is 606 g/mol. The van der Waals surface area contributed by atoms with E-state index in [0.717, 1.165) is 12.2 Å². The van der Waals surface area contributed by atoms with Crippen molar-refractivity contribution in [3.63, 3.8) is 0 Å². The fourth-order valence-corrected chi connectivity index (χ4v) is 4.13. The molecular formula is C36H65NO10. The molecule has 0 heterocycles. The first kappa shape index (κ1) is 43.0. The van der Waals surface area contributed by atoms with E-state index in [4.69, 9.17) is 42.6 Å². The van der Waals surface area contributed by atoms with E-state index in [0.29, 0.717) is 106 Å². The molecule has 1 aromatic rings. The number of hydrogen-bond acceptors (Lipinski definition) is 10. The minimum atomic E-state index is -0.506. The Morgan fingerprint density at radius 3 is 1.43 bits per heavy atom. The van der Waals surface area contributed by atoms with E-state index in [1.54, 1.807) is 7.05 Å². The molecule has 47 heavy (non-hydrogen) atoms. The molecule has 11 heteroatoms. The Morgan fingerprint density at radius 2 is 0.979 bits per heavy atom. The molecule has 0 fully saturated rings. The van der Waals surface area contributed by atoms with Gasteiger partial charge in [0.25, 0.3) is 0 Å². The molecule has 0 bridgehead atoms. The summed E-state index contributed by atoms with van der Waals surface area (Å²) in [5.74, 6) is 0.883. The highest BCUT2D eigenvalue weighted by molar-refractivity contribution is 5.67. The second-order valence-corrected chi connectivity index (χ2v) is 12.2. The van der Waals surface area contributed by atoms with Gasteiger partial charge in [-0.1, -0.05) is 51.2 Å². The molecule has 0 saturated carbocycles. The van der Waals surface area contributed by atoms with Crippen LogP contribution in [-0.4, -0.2) is 129 Å². The van der Waals surface area contributed by atoms with Crippen molar-refractivity contribution in [2.75, 3.05) is 113 Å². The van der Waals surface area contributed by atoms with Crippen molar-refractivity contribution in [1.82, 2.24) is 4.90 Å². The smallest absolute Gasteiger partial charge is 0.410 e. The summed E-state index contributed by atoms with van der Waals surface area (Å²) in [5, 5.41) is 0. The van der Waals surface area contributed by atoms with E-state index in [1.807, 2.05) is 32.9 Å². The summed E-state index contributed by atoms with van der Waals surface area (Å²) < 4.78 is 49.6. The fourth-order valence-electron chi connectivity index (χ4n) is 4.13. The summed E-state index contributed by atoms with van der Waals surface area (Å²) in [4.78, 5) is 13.4. The molecule has 0 spiro atoms. The van der Waals surface area contributed by atoms with E-state index < -0.39 is 5.60 Å². The van der Waals surface area contributed by atoms with Crippen LogP contribution in [0, 0.1) is 0 Å². The summed E-state index contributed by atoms with van der Waals surface area (Å²) in [6, 6.07) is 8.42. The van der Waals surface area contributed by atoms with Crippen molar-refractivity contribution in [1.29, 1.82) is 0 Å². The number of carbonyl (C=O) groups is 1. The number of carbonyl (C=O) groups excluding carboxylic acids is 1. The molecule has 11 nitrogen and oxygen atoms in total. The van der Waals surface area contributed by atoms with Crippen LogP contribution in [0.4, 0.5) is 4.79 Å². The van der Waals surface area contributed by atoms with Gasteiger partial charge in [-0.15, -0.1) is 0 Å². The Morgan fingerprint density at radius 1 is 0.574 bits per heavy atom. The number of likely N-dealkylation sites (N-methyl/N-ethyl adjacent to an activating group) is 1. The van der Waals surface area contributed by atoms with E-state index in [9.17, 15) is 4.79 Å². The zero-order valence-electron chi connectivity index (χ0n) is 30.1. The molecule has 0 atom stereocenters. The third-order valence-corrected chi connectivity index (χ3v) is 6.75. The molecule has 1 amide bonds. The number of rotatable bonds is 32. The van der Waals surface area contributed by atoms with E-state index in [1.165, 1.54) is 49.0 Å². The third kappa shape index (κ3) is 28.7. The van der Waals surface area contributed by atoms with Crippen LogP contribution in [0.15, 0.2) is 24.3 Å². The SMILES string of the molecule is CCCCCCCCc1ccc(OCCOCCOCCOCCOCCOCCOCCOCCN(C)C(=O)OC(C)(C)C)cc1. The number of ether oxygens (including phenoxy) is 9. The number of nitrogens with zero attached hydrogens (tertiary/aromatic N) is 1. The average Bonchev–Trinajstić information content (AvgIpc) is 3.04. The minimum absolute atomic E-state index is 0.360. The monoisotopic (exact) mass is 671 g/mol. The molecule has 0 unspecified atom stereocenters.